The van der Waals surface area contributed by atoms with Gasteiger partial charge >= 0.3 is 5.97 Å². The zero-order valence-corrected chi connectivity index (χ0v) is 8.33. The molecule has 0 aliphatic heterocycles. The highest BCUT2D eigenvalue weighted by Gasteiger charge is 2.08. The summed E-state index contributed by atoms with van der Waals surface area (Å²) < 4.78 is 17.1. The molecular weight excluding hydrogens is 191 g/mol. The van der Waals surface area contributed by atoms with Gasteiger partial charge in [-0.05, 0) is 13.8 Å². The van der Waals surface area contributed by atoms with E-state index in [1.807, 2.05) is 0 Å². The summed E-state index contributed by atoms with van der Waals surface area (Å²) in [7, 11) is 0. The second-order valence-corrected chi connectivity index (χ2v) is 2.53. The van der Waals surface area contributed by atoms with E-state index in [1.165, 1.54) is 6.92 Å². The molecule has 0 amide bonds. The number of hydrogen-bond donors (Lipinski definition) is 1. The summed E-state index contributed by atoms with van der Waals surface area (Å²) in [6, 6.07) is 0. The second-order valence-electron chi connectivity index (χ2n) is 2.53. The number of nitrogens with two attached hydrogens (primary N) is 1. The summed E-state index contributed by atoms with van der Waals surface area (Å²) in [4.78, 5) is 15.5. The molecule has 0 heterocycles. The topological polar surface area (TPSA) is 73.9 Å². The fourth-order valence-electron chi connectivity index (χ4n) is 0.556. The smallest absolute Gasteiger partial charge is 0.355 e. The molecule has 0 saturated carbocycles. The molecular formula is C8H15FN2O3. The van der Waals surface area contributed by atoms with Crippen LogP contribution in [0.2, 0.25) is 0 Å². The molecule has 1 atom stereocenters. The lowest BCUT2D eigenvalue weighted by atomic mass is 10.4. The lowest BCUT2D eigenvalue weighted by Gasteiger charge is -2.04. The third-order valence-corrected chi connectivity index (χ3v) is 1.28. The minimum Gasteiger partial charge on any atom is -0.461 e. The fraction of sp³-hybridized carbons (Fsp3) is 0.750. The van der Waals surface area contributed by atoms with Crippen molar-refractivity contribution in [3.8, 4) is 0 Å². The number of rotatable bonds is 6. The van der Waals surface area contributed by atoms with E-state index >= 15 is 0 Å². The Morgan fingerprint density at radius 1 is 1.64 bits per heavy atom. The van der Waals surface area contributed by atoms with Crippen molar-refractivity contribution in [1.82, 2.24) is 0 Å². The number of esters is 1. The first kappa shape index (κ1) is 12.8. The Bertz CT molecular complexity index is 209. The first-order chi connectivity index (χ1) is 6.61. The lowest BCUT2D eigenvalue weighted by Crippen LogP contribution is -2.21. The van der Waals surface area contributed by atoms with Gasteiger partial charge in [0.2, 0.25) is 0 Å². The molecule has 0 spiro atoms. The van der Waals surface area contributed by atoms with Gasteiger partial charge in [0.15, 0.2) is 5.71 Å². The van der Waals surface area contributed by atoms with E-state index in [0.717, 1.165) is 0 Å². The van der Waals surface area contributed by atoms with Gasteiger partial charge in [-0.15, -0.1) is 0 Å². The average molecular weight is 206 g/mol. The van der Waals surface area contributed by atoms with Gasteiger partial charge in [-0.2, -0.15) is 0 Å². The molecule has 1 unspecified atom stereocenters. The number of oxime groups is 1. The van der Waals surface area contributed by atoms with Crippen molar-refractivity contribution in [3.63, 3.8) is 0 Å². The molecule has 0 radical (unpaired) electrons. The van der Waals surface area contributed by atoms with E-state index in [-0.39, 0.29) is 25.5 Å². The zero-order valence-electron chi connectivity index (χ0n) is 8.33. The minimum atomic E-state index is -1.27. The molecule has 0 aliphatic carbocycles. The molecule has 5 nitrogen and oxygen atoms in total. The van der Waals surface area contributed by atoms with Gasteiger partial charge in [0.25, 0.3) is 0 Å². The van der Waals surface area contributed by atoms with Crippen molar-refractivity contribution in [2.75, 3.05) is 19.8 Å². The van der Waals surface area contributed by atoms with Gasteiger partial charge in [-0.1, -0.05) is 5.16 Å². The molecule has 82 valence electrons. The SMILES string of the molecule is CCOC(=O)C(C)=NOCC(F)CN. The van der Waals surface area contributed by atoms with Gasteiger partial charge in [-0.25, -0.2) is 9.18 Å². The Kier molecular flexibility index (Phi) is 6.65. The lowest BCUT2D eigenvalue weighted by molar-refractivity contribution is -0.135. The summed E-state index contributed by atoms with van der Waals surface area (Å²) >= 11 is 0. The number of hydrogen-bond acceptors (Lipinski definition) is 5. The molecule has 6 heteroatoms. The third kappa shape index (κ3) is 5.47. The fourth-order valence-corrected chi connectivity index (χ4v) is 0.556. The van der Waals surface area contributed by atoms with Gasteiger partial charge in [-0.3, -0.25) is 0 Å². The standard InChI is InChI=1S/C8H15FN2O3/c1-3-13-8(12)6(2)11-14-5-7(9)4-10/h7H,3-5,10H2,1-2H3. The zero-order chi connectivity index (χ0) is 11.0. The van der Waals surface area contributed by atoms with Crippen LogP contribution in [0, 0.1) is 0 Å². The van der Waals surface area contributed by atoms with E-state index < -0.39 is 12.1 Å². The van der Waals surface area contributed by atoms with Crippen LogP contribution in [0.3, 0.4) is 0 Å². The maximum atomic E-state index is 12.5. The van der Waals surface area contributed by atoms with Crippen molar-refractivity contribution in [3.05, 3.63) is 0 Å². The number of halogens is 1. The number of nitrogens with zero attached hydrogens (tertiary/aromatic N) is 1. The molecule has 0 aromatic rings. The normalized spacial score (nSPS) is 13.6. The Labute approximate surface area is 82.0 Å². The van der Waals surface area contributed by atoms with Crippen LogP contribution >= 0.6 is 0 Å². The molecule has 0 aromatic heterocycles. The maximum absolute atomic E-state index is 12.5. The highest BCUT2D eigenvalue weighted by molar-refractivity contribution is 6.35. The predicted octanol–water partition coefficient (Wildman–Crippen LogP) is 0.239. The van der Waals surface area contributed by atoms with Crippen molar-refractivity contribution in [2.45, 2.75) is 20.0 Å². The summed E-state index contributed by atoms with van der Waals surface area (Å²) in [6.07, 6.45) is -1.27. The minimum absolute atomic E-state index is 0.0519. The summed E-state index contributed by atoms with van der Waals surface area (Å²) in [6.45, 7) is 2.98. The number of carbonyl (C=O) groups excluding carboxylic acids is 1. The third-order valence-electron chi connectivity index (χ3n) is 1.28. The Hall–Kier alpha value is -1.17. The van der Waals surface area contributed by atoms with Crippen LogP contribution in [-0.2, 0) is 14.4 Å². The van der Waals surface area contributed by atoms with Crippen LogP contribution in [-0.4, -0.2) is 37.6 Å². The molecule has 0 fully saturated rings. The van der Waals surface area contributed by atoms with Crippen LogP contribution in [0.5, 0.6) is 0 Å². The molecule has 0 aromatic carbocycles. The molecule has 0 rings (SSSR count). The highest BCUT2D eigenvalue weighted by atomic mass is 19.1. The molecule has 2 N–H and O–H groups in total. The first-order valence-electron chi connectivity index (χ1n) is 4.29. The molecule has 0 saturated heterocycles. The van der Waals surface area contributed by atoms with Crippen LogP contribution in [0.25, 0.3) is 0 Å². The molecule has 14 heavy (non-hydrogen) atoms. The van der Waals surface area contributed by atoms with E-state index in [0.29, 0.717) is 0 Å². The quantitative estimate of drug-likeness (QED) is 0.384. The van der Waals surface area contributed by atoms with Crippen LogP contribution < -0.4 is 5.73 Å². The summed E-state index contributed by atoms with van der Waals surface area (Å²) in [5.74, 6) is -0.573. The van der Waals surface area contributed by atoms with E-state index in [4.69, 9.17) is 5.73 Å². The van der Waals surface area contributed by atoms with Crippen molar-refractivity contribution in [1.29, 1.82) is 0 Å². The van der Waals surface area contributed by atoms with Crippen molar-refractivity contribution >= 4 is 11.7 Å². The Balaban J connectivity index is 3.81. The van der Waals surface area contributed by atoms with Crippen LogP contribution in [0.1, 0.15) is 13.8 Å². The monoisotopic (exact) mass is 206 g/mol. The number of alkyl halides is 1. The first-order valence-corrected chi connectivity index (χ1v) is 4.29. The maximum Gasteiger partial charge on any atom is 0.355 e. The average Bonchev–Trinajstić information content (AvgIpc) is 2.17. The van der Waals surface area contributed by atoms with Crippen molar-refractivity contribution in [2.24, 2.45) is 10.9 Å². The van der Waals surface area contributed by atoms with E-state index in [2.05, 4.69) is 14.7 Å². The van der Waals surface area contributed by atoms with Crippen molar-refractivity contribution < 1.29 is 18.8 Å². The van der Waals surface area contributed by atoms with Gasteiger partial charge in [0.05, 0.1) is 6.61 Å². The molecule has 0 bridgehead atoms. The number of ether oxygens (including phenoxy) is 1. The van der Waals surface area contributed by atoms with Gasteiger partial charge in [0.1, 0.15) is 12.8 Å². The molecule has 0 aliphatic rings. The Morgan fingerprint density at radius 3 is 2.79 bits per heavy atom. The predicted molar refractivity (Wildman–Crippen MR) is 49.6 cm³/mol. The summed E-state index contributed by atoms with van der Waals surface area (Å²) in [5, 5.41) is 3.38. The number of carbonyl (C=O) groups is 1. The van der Waals surface area contributed by atoms with Crippen LogP contribution in [0.15, 0.2) is 5.16 Å². The van der Waals surface area contributed by atoms with Gasteiger partial charge in [0, 0.05) is 6.54 Å². The van der Waals surface area contributed by atoms with E-state index in [9.17, 15) is 9.18 Å². The largest absolute Gasteiger partial charge is 0.461 e. The summed E-state index contributed by atoms with van der Waals surface area (Å²) in [5.41, 5.74) is 5.05. The highest BCUT2D eigenvalue weighted by Crippen LogP contribution is 1.91. The van der Waals surface area contributed by atoms with E-state index in [1.54, 1.807) is 6.92 Å². The Morgan fingerprint density at radius 2 is 2.29 bits per heavy atom. The second kappa shape index (κ2) is 7.25. The van der Waals surface area contributed by atoms with Gasteiger partial charge < -0.3 is 15.3 Å². The van der Waals surface area contributed by atoms with Crippen LogP contribution in [0.4, 0.5) is 4.39 Å².